The smallest absolute Gasteiger partial charge is 0.748 e. The topological polar surface area (TPSA) is 130 Å². The van der Waals surface area contributed by atoms with Gasteiger partial charge in [0.05, 0.1) is 20.4 Å². The maximum atomic E-state index is 11.7. The number of hydrogen-bond acceptors (Lipinski definition) is 8. The van der Waals surface area contributed by atoms with Crippen molar-refractivity contribution in [1.82, 2.24) is 0 Å². The van der Waals surface area contributed by atoms with Crippen LogP contribution in [0, 0.1) is 0 Å². The summed E-state index contributed by atoms with van der Waals surface area (Å²) in [5, 5.41) is 0. The molecule has 0 fully saturated rings. The molecule has 3 aromatic rings. The number of ether oxygens (including phenoxy) is 1. The fourth-order valence-corrected chi connectivity index (χ4v) is 9.60. The summed E-state index contributed by atoms with van der Waals surface area (Å²) in [5.74, 6) is 0.651. The Hall–Kier alpha value is -2.29. The van der Waals surface area contributed by atoms with Crippen LogP contribution in [0.5, 0.6) is 5.75 Å². The van der Waals surface area contributed by atoms with Crippen molar-refractivity contribution in [3.8, 4) is 5.75 Å². The summed E-state index contributed by atoms with van der Waals surface area (Å²) in [7, 11) is -9.00. The molecule has 1 unspecified atom stereocenters. The molecule has 1 atom stereocenters. The number of hydrogen-bond donors (Lipinski definition) is 0. The largest absolute Gasteiger partial charge is 1.00 e. The first-order valence-electron chi connectivity index (χ1n) is 20.2. The molecule has 0 bridgehead atoms. The van der Waals surface area contributed by atoms with Crippen LogP contribution in [0.2, 0.25) is 0 Å². The average Bonchev–Trinajstić information content (AvgIpc) is 3.53. The van der Waals surface area contributed by atoms with Gasteiger partial charge in [-0.15, -0.1) is 0 Å². The third kappa shape index (κ3) is 11.2. The van der Waals surface area contributed by atoms with Crippen LogP contribution in [0.25, 0.3) is 0 Å². The number of nitrogens with zero attached hydrogens (tertiary/aromatic N) is 2. The molecular formula is C46H55N2Na2O7S2+. The second kappa shape index (κ2) is 20.7. The van der Waals surface area contributed by atoms with Gasteiger partial charge in [-0.1, -0.05) is 75.6 Å². The zero-order valence-corrected chi connectivity index (χ0v) is 41.4. The number of allylic oxidation sites excluding steroid dienone is 7. The van der Waals surface area contributed by atoms with Crippen LogP contribution in [0.15, 0.2) is 125 Å². The molecule has 0 amide bonds. The van der Waals surface area contributed by atoms with Gasteiger partial charge < -0.3 is 18.7 Å². The normalized spacial score (nSPS) is 20.2. The predicted octanol–water partition coefficient (Wildman–Crippen LogP) is 3.56. The van der Waals surface area contributed by atoms with Gasteiger partial charge in [-0.05, 0) is 112 Å². The summed E-state index contributed by atoms with van der Waals surface area (Å²) in [6, 6.07) is 22.4. The molecule has 2 heterocycles. The molecule has 0 saturated carbocycles. The van der Waals surface area contributed by atoms with Crippen molar-refractivity contribution < 1.29 is 94.4 Å². The van der Waals surface area contributed by atoms with Gasteiger partial charge in [-0.25, -0.2) is 16.8 Å². The molecule has 0 aromatic heterocycles. The maximum Gasteiger partial charge on any atom is 1.00 e. The van der Waals surface area contributed by atoms with Crippen LogP contribution in [0.3, 0.4) is 0 Å². The zero-order valence-electron chi connectivity index (χ0n) is 35.8. The molecule has 1 aliphatic carbocycles. The second-order valence-electron chi connectivity index (χ2n) is 16.1. The van der Waals surface area contributed by atoms with Gasteiger partial charge in [0.25, 0.3) is 0 Å². The Bertz CT molecular complexity index is 2370. The number of benzene rings is 3. The SMILES string of the molecule is CCCC[N+]1=C(/C=C/C2=C(Oc3ccc(S(=O)(=O)[O-])cc3)C(=C/C=C3/N(CCCS(=O)(=O)[O-])c4ccccc4C3(C)CCCC)/CCC2)C(C)(C)c2ccccc21.[Na+].[Na+]. The summed E-state index contributed by atoms with van der Waals surface area (Å²) >= 11 is 0. The van der Waals surface area contributed by atoms with Gasteiger partial charge in [0.2, 0.25) is 5.69 Å². The van der Waals surface area contributed by atoms with Gasteiger partial charge in [-0.2, -0.15) is 4.58 Å². The molecular weight excluding hydrogens is 803 g/mol. The maximum absolute atomic E-state index is 11.7. The molecule has 0 N–H and O–H groups in total. The monoisotopic (exact) mass is 857 g/mol. The first-order valence-corrected chi connectivity index (χ1v) is 23.2. The van der Waals surface area contributed by atoms with Crippen LogP contribution < -0.4 is 68.8 Å². The second-order valence-corrected chi connectivity index (χ2v) is 19.0. The van der Waals surface area contributed by atoms with Crippen molar-refractivity contribution in [2.24, 2.45) is 0 Å². The quantitative estimate of drug-likeness (QED) is 0.122. The van der Waals surface area contributed by atoms with Gasteiger partial charge in [0.15, 0.2) is 5.71 Å². The third-order valence-electron chi connectivity index (χ3n) is 11.7. The Morgan fingerprint density at radius 2 is 1.46 bits per heavy atom. The van der Waals surface area contributed by atoms with Crippen molar-refractivity contribution >= 4 is 37.3 Å². The van der Waals surface area contributed by atoms with E-state index in [2.05, 4.69) is 105 Å². The molecule has 6 rings (SSSR count). The molecule has 0 saturated heterocycles. The van der Waals surface area contributed by atoms with E-state index < -0.39 is 26.0 Å². The summed E-state index contributed by atoms with van der Waals surface area (Å²) in [5.41, 5.74) is 8.33. The molecule has 59 heavy (non-hydrogen) atoms. The Morgan fingerprint density at radius 1 is 0.797 bits per heavy atom. The molecule has 2 aliphatic heterocycles. The van der Waals surface area contributed by atoms with Crippen LogP contribution in [-0.4, -0.2) is 55.1 Å². The molecule has 3 aromatic carbocycles. The number of para-hydroxylation sites is 2. The van der Waals surface area contributed by atoms with Gasteiger partial charge in [0.1, 0.15) is 28.2 Å². The molecule has 304 valence electrons. The van der Waals surface area contributed by atoms with E-state index in [0.717, 1.165) is 80.4 Å². The number of fused-ring (bicyclic) bond motifs is 2. The van der Waals surface area contributed by atoms with Crippen LogP contribution in [-0.2, 0) is 31.1 Å². The van der Waals surface area contributed by atoms with E-state index in [1.54, 1.807) is 0 Å². The van der Waals surface area contributed by atoms with E-state index in [1.807, 2.05) is 12.1 Å². The van der Waals surface area contributed by atoms with E-state index in [-0.39, 0.29) is 81.3 Å². The third-order valence-corrected chi connectivity index (χ3v) is 13.3. The fraction of sp³-hybridized carbons (Fsp3) is 0.413. The van der Waals surface area contributed by atoms with Crippen LogP contribution in [0.4, 0.5) is 11.4 Å². The number of unbranched alkanes of at least 4 members (excludes halogenated alkanes) is 2. The molecule has 0 spiro atoms. The van der Waals surface area contributed by atoms with E-state index in [9.17, 15) is 25.9 Å². The average molecular weight is 858 g/mol. The van der Waals surface area contributed by atoms with Gasteiger partial charge >= 0.3 is 59.1 Å². The molecule has 13 heteroatoms. The van der Waals surface area contributed by atoms with Crippen molar-refractivity contribution in [3.05, 3.63) is 131 Å². The minimum Gasteiger partial charge on any atom is -0.748 e. The Kier molecular flexibility index (Phi) is 17.3. The Labute approximate surface area is 396 Å². The van der Waals surface area contributed by atoms with Crippen molar-refractivity contribution in [2.75, 3.05) is 23.7 Å². The van der Waals surface area contributed by atoms with Gasteiger partial charge in [0, 0.05) is 53.2 Å². The minimum absolute atomic E-state index is 0. The van der Waals surface area contributed by atoms with Crippen molar-refractivity contribution in [1.29, 1.82) is 0 Å². The van der Waals surface area contributed by atoms with E-state index in [0.29, 0.717) is 18.1 Å². The molecule has 9 nitrogen and oxygen atoms in total. The first kappa shape index (κ1) is 49.4. The van der Waals surface area contributed by atoms with Crippen LogP contribution >= 0.6 is 0 Å². The predicted molar refractivity (Wildman–Crippen MR) is 225 cm³/mol. The van der Waals surface area contributed by atoms with Crippen LogP contribution in [0.1, 0.15) is 104 Å². The zero-order chi connectivity index (χ0) is 41.0. The van der Waals surface area contributed by atoms with Gasteiger partial charge in [-0.3, -0.25) is 0 Å². The fourth-order valence-electron chi connectivity index (χ4n) is 8.65. The Morgan fingerprint density at radius 3 is 2.12 bits per heavy atom. The summed E-state index contributed by atoms with van der Waals surface area (Å²) < 4.78 is 79.3. The molecule has 0 radical (unpaired) electrons. The molecule has 3 aliphatic rings. The number of anilines is 1. The van der Waals surface area contributed by atoms with E-state index in [1.165, 1.54) is 46.8 Å². The Balaban J connectivity index is 0.00000384. The summed E-state index contributed by atoms with van der Waals surface area (Å²) in [6.07, 6.45) is 16.2. The van der Waals surface area contributed by atoms with E-state index >= 15 is 0 Å². The standard InChI is InChI=1S/C46H56N2O7S2.2Na/c1-6-8-30-46(5)39-19-11-13-21-41(39)48(32-15-33-56(49,50)51)43(46)29-23-35-17-14-16-34(44(35)55-36-24-26-37(27-25-36)57(52,53)54)22-28-42-45(3,4)38-18-10-12-20-40(38)47(42)31-9-7-2;;/h10-13,18-29H,6-9,14-17,30-33H2,1-5H3,(H-,49,50,51,52,53,54);;/q;2*+1/p-1. The van der Waals surface area contributed by atoms with Crippen molar-refractivity contribution in [3.63, 3.8) is 0 Å². The van der Waals surface area contributed by atoms with E-state index in [4.69, 9.17) is 4.74 Å². The summed E-state index contributed by atoms with van der Waals surface area (Å²) in [4.78, 5) is 1.85. The first-order chi connectivity index (χ1) is 27.1. The minimum atomic E-state index is -4.63. The summed E-state index contributed by atoms with van der Waals surface area (Å²) in [6.45, 7) is 12.4. The number of rotatable bonds is 16. The van der Waals surface area contributed by atoms with Crippen molar-refractivity contribution in [2.45, 2.75) is 108 Å².